The van der Waals surface area contributed by atoms with E-state index in [-0.39, 0.29) is 5.82 Å². The first kappa shape index (κ1) is 14.5. The minimum atomic E-state index is -1.21. The quantitative estimate of drug-likeness (QED) is 0.878. The van der Waals surface area contributed by atoms with E-state index < -0.39 is 11.0 Å². The number of hydrogen-bond acceptors (Lipinski definition) is 2. The van der Waals surface area contributed by atoms with Gasteiger partial charge in [-0.3, -0.25) is 0 Å². The SMILES string of the molecule is CCC1CCC(CN)(C(C)(O)c2ccccc2F)C1. The Labute approximate surface area is 114 Å². The topological polar surface area (TPSA) is 46.2 Å². The van der Waals surface area contributed by atoms with Crippen molar-refractivity contribution in [2.24, 2.45) is 17.1 Å². The van der Waals surface area contributed by atoms with Crippen LogP contribution < -0.4 is 5.73 Å². The standard InChI is InChI=1S/C16H24FNO/c1-3-12-8-9-16(10-12,11-18)15(2,19)13-6-4-5-7-14(13)17/h4-7,12,19H,3,8-11,18H2,1-2H3. The Hall–Kier alpha value is -0.930. The normalized spacial score (nSPS) is 30.3. The second-order valence-corrected chi connectivity index (χ2v) is 6.05. The Morgan fingerprint density at radius 2 is 2.16 bits per heavy atom. The molecule has 0 spiro atoms. The minimum Gasteiger partial charge on any atom is -0.385 e. The van der Waals surface area contributed by atoms with Crippen LogP contribution in [-0.4, -0.2) is 11.7 Å². The van der Waals surface area contributed by atoms with E-state index in [0.717, 1.165) is 25.7 Å². The first-order chi connectivity index (χ1) is 8.97. The molecule has 3 heteroatoms. The molecule has 0 aromatic heterocycles. The average Bonchev–Trinajstić information content (AvgIpc) is 2.84. The van der Waals surface area contributed by atoms with Crippen molar-refractivity contribution >= 4 is 0 Å². The monoisotopic (exact) mass is 265 g/mol. The molecule has 19 heavy (non-hydrogen) atoms. The highest BCUT2D eigenvalue weighted by Gasteiger charge is 2.51. The van der Waals surface area contributed by atoms with Crippen molar-refractivity contribution in [3.05, 3.63) is 35.6 Å². The number of nitrogens with two attached hydrogens (primary N) is 1. The minimum absolute atomic E-state index is 0.347. The van der Waals surface area contributed by atoms with Crippen LogP contribution in [-0.2, 0) is 5.60 Å². The lowest BCUT2D eigenvalue weighted by atomic mass is 9.67. The maximum Gasteiger partial charge on any atom is 0.129 e. The summed E-state index contributed by atoms with van der Waals surface area (Å²) in [5.74, 6) is 0.238. The molecule has 1 aliphatic rings. The van der Waals surface area contributed by atoms with Crippen molar-refractivity contribution in [3.8, 4) is 0 Å². The third-order valence-corrected chi connectivity index (χ3v) is 5.11. The Morgan fingerprint density at radius 1 is 1.47 bits per heavy atom. The number of halogens is 1. The first-order valence-electron chi connectivity index (χ1n) is 7.14. The molecule has 1 fully saturated rings. The fourth-order valence-electron chi connectivity index (χ4n) is 3.55. The molecule has 1 aromatic rings. The molecule has 0 amide bonds. The average molecular weight is 265 g/mol. The molecule has 106 valence electrons. The zero-order valence-corrected chi connectivity index (χ0v) is 11.8. The van der Waals surface area contributed by atoms with Gasteiger partial charge in [-0.05, 0) is 38.2 Å². The summed E-state index contributed by atoms with van der Waals surface area (Å²) in [6, 6.07) is 6.49. The van der Waals surface area contributed by atoms with Crippen LogP contribution in [0.1, 0.15) is 45.1 Å². The van der Waals surface area contributed by atoms with E-state index >= 15 is 0 Å². The molecule has 1 saturated carbocycles. The Kier molecular flexibility index (Phi) is 3.98. The highest BCUT2D eigenvalue weighted by atomic mass is 19.1. The summed E-state index contributed by atoms with van der Waals surface area (Å²) in [7, 11) is 0. The van der Waals surface area contributed by atoms with Crippen molar-refractivity contribution < 1.29 is 9.50 Å². The Balaban J connectivity index is 2.40. The van der Waals surface area contributed by atoms with E-state index in [9.17, 15) is 9.50 Å². The van der Waals surface area contributed by atoms with Crippen molar-refractivity contribution in [2.45, 2.75) is 45.1 Å². The highest BCUT2D eigenvalue weighted by molar-refractivity contribution is 5.27. The molecular weight excluding hydrogens is 241 g/mol. The maximum atomic E-state index is 14.0. The third kappa shape index (κ3) is 2.30. The van der Waals surface area contributed by atoms with Gasteiger partial charge in [-0.15, -0.1) is 0 Å². The van der Waals surface area contributed by atoms with Crippen molar-refractivity contribution in [2.75, 3.05) is 6.54 Å². The number of rotatable bonds is 4. The molecule has 2 rings (SSSR count). The summed E-state index contributed by atoms with van der Waals surface area (Å²) in [6.45, 7) is 4.27. The van der Waals surface area contributed by atoms with Crippen LogP contribution in [0.15, 0.2) is 24.3 Å². The van der Waals surface area contributed by atoms with Gasteiger partial charge in [-0.1, -0.05) is 31.5 Å². The van der Waals surface area contributed by atoms with E-state index in [0.29, 0.717) is 18.0 Å². The number of aliphatic hydroxyl groups is 1. The van der Waals surface area contributed by atoms with Crippen LogP contribution in [0.3, 0.4) is 0 Å². The fourth-order valence-corrected chi connectivity index (χ4v) is 3.55. The molecule has 3 atom stereocenters. The summed E-state index contributed by atoms with van der Waals surface area (Å²) in [5, 5.41) is 11.0. The van der Waals surface area contributed by atoms with Gasteiger partial charge in [0.1, 0.15) is 5.82 Å². The van der Waals surface area contributed by atoms with Crippen LogP contribution in [0, 0.1) is 17.2 Å². The lowest BCUT2D eigenvalue weighted by molar-refractivity contribution is -0.0738. The molecule has 3 unspecified atom stereocenters. The van der Waals surface area contributed by atoms with Gasteiger partial charge in [0.05, 0.1) is 5.60 Å². The third-order valence-electron chi connectivity index (χ3n) is 5.11. The van der Waals surface area contributed by atoms with Gasteiger partial charge in [-0.2, -0.15) is 0 Å². The molecule has 1 aromatic carbocycles. The second-order valence-electron chi connectivity index (χ2n) is 6.05. The zero-order valence-electron chi connectivity index (χ0n) is 11.8. The largest absolute Gasteiger partial charge is 0.385 e. The van der Waals surface area contributed by atoms with Crippen molar-refractivity contribution in [3.63, 3.8) is 0 Å². The van der Waals surface area contributed by atoms with Gasteiger partial charge >= 0.3 is 0 Å². The molecular formula is C16H24FNO. The van der Waals surface area contributed by atoms with Crippen molar-refractivity contribution in [1.82, 2.24) is 0 Å². The summed E-state index contributed by atoms with van der Waals surface area (Å²) in [6.07, 6.45) is 3.90. The van der Waals surface area contributed by atoms with Gasteiger partial charge in [0.15, 0.2) is 0 Å². The van der Waals surface area contributed by atoms with E-state index in [1.165, 1.54) is 6.07 Å². The zero-order chi connectivity index (χ0) is 14.1. The van der Waals surface area contributed by atoms with E-state index in [2.05, 4.69) is 6.92 Å². The first-order valence-corrected chi connectivity index (χ1v) is 7.14. The number of benzene rings is 1. The van der Waals surface area contributed by atoms with E-state index in [1.54, 1.807) is 25.1 Å². The summed E-state index contributed by atoms with van der Waals surface area (Å²) in [5.41, 5.74) is 4.73. The molecule has 3 N–H and O–H groups in total. The Morgan fingerprint density at radius 3 is 2.68 bits per heavy atom. The molecule has 2 nitrogen and oxygen atoms in total. The van der Waals surface area contributed by atoms with Crippen LogP contribution in [0.2, 0.25) is 0 Å². The van der Waals surface area contributed by atoms with Crippen LogP contribution in [0.4, 0.5) is 4.39 Å². The molecule has 0 radical (unpaired) electrons. The number of hydrogen-bond donors (Lipinski definition) is 2. The van der Waals surface area contributed by atoms with Gasteiger partial charge in [0, 0.05) is 17.5 Å². The van der Waals surface area contributed by atoms with Crippen LogP contribution >= 0.6 is 0 Å². The van der Waals surface area contributed by atoms with Crippen molar-refractivity contribution in [1.29, 1.82) is 0 Å². The predicted molar refractivity (Wildman–Crippen MR) is 75.1 cm³/mol. The summed E-state index contributed by atoms with van der Waals surface area (Å²) < 4.78 is 14.0. The fraction of sp³-hybridized carbons (Fsp3) is 0.625. The van der Waals surface area contributed by atoms with Gasteiger partial charge in [-0.25, -0.2) is 4.39 Å². The maximum absolute atomic E-state index is 14.0. The molecule has 0 heterocycles. The predicted octanol–water partition coefficient (Wildman–Crippen LogP) is 3.19. The summed E-state index contributed by atoms with van der Waals surface area (Å²) >= 11 is 0. The lowest BCUT2D eigenvalue weighted by Gasteiger charge is -2.43. The summed E-state index contributed by atoms with van der Waals surface area (Å²) in [4.78, 5) is 0. The van der Waals surface area contributed by atoms with E-state index in [1.807, 2.05) is 0 Å². The second kappa shape index (κ2) is 5.22. The van der Waals surface area contributed by atoms with Crippen LogP contribution in [0.5, 0.6) is 0 Å². The van der Waals surface area contributed by atoms with Gasteiger partial charge in [0.25, 0.3) is 0 Å². The van der Waals surface area contributed by atoms with Gasteiger partial charge in [0.2, 0.25) is 0 Å². The molecule has 0 bridgehead atoms. The lowest BCUT2D eigenvalue weighted by Crippen LogP contribution is -2.47. The molecule has 0 aliphatic heterocycles. The van der Waals surface area contributed by atoms with E-state index in [4.69, 9.17) is 5.73 Å². The van der Waals surface area contributed by atoms with Gasteiger partial charge < -0.3 is 10.8 Å². The smallest absolute Gasteiger partial charge is 0.129 e. The Bertz CT molecular complexity index is 446. The highest BCUT2D eigenvalue weighted by Crippen LogP contribution is 2.53. The molecule has 0 saturated heterocycles. The molecule has 1 aliphatic carbocycles. The van der Waals surface area contributed by atoms with Crippen LogP contribution in [0.25, 0.3) is 0 Å².